The molecule has 1 atom stereocenters. The zero-order valence-electron chi connectivity index (χ0n) is 19.6. The lowest BCUT2D eigenvalue weighted by molar-refractivity contribution is 0.102. The fourth-order valence-electron chi connectivity index (χ4n) is 3.81. The number of nitrogens with one attached hydrogen (secondary N) is 1. The van der Waals surface area contributed by atoms with Crippen LogP contribution in [0.3, 0.4) is 0 Å². The van der Waals surface area contributed by atoms with Crippen molar-refractivity contribution in [3.63, 3.8) is 0 Å². The number of amides is 1. The van der Waals surface area contributed by atoms with E-state index in [2.05, 4.69) is 27.3 Å². The molecule has 3 aromatic rings. The number of anilines is 1. The molecule has 0 saturated heterocycles. The number of phenolic OH excluding ortho intramolecular Hbond substituents is 1. The molecule has 0 aliphatic carbocycles. The quantitative estimate of drug-likeness (QED) is 0.337. The summed E-state index contributed by atoms with van der Waals surface area (Å²) < 4.78 is 0.741. The SMILES string of the molecule is Cc1cc(C(C#N)c2ccc(Cl)cc2)c(Cl)cc1NC(=O)c1c(C)c(Br)cc(C(C)(C)C)c1O. The molecule has 34 heavy (non-hydrogen) atoms. The van der Waals surface area contributed by atoms with Crippen molar-refractivity contribution in [1.82, 2.24) is 0 Å². The molecular formula is C27H25BrCl2N2O2. The van der Waals surface area contributed by atoms with E-state index in [4.69, 9.17) is 23.2 Å². The van der Waals surface area contributed by atoms with Gasteiger partial charge in [-0.15, -0.1) is 0 Å². The second-order valence-corrected chi connectivity index (χ2v) is 11.0. The van der Waals surface area contributed by atoms with E-state index in [1.165, 1.54) is 0 Å². The van der Waals surface area contributed by atoms with Crippen LogP contribution in [0, 0.1) is 25.2 Å². The van der Waals surface area contributed by atoms with Gasteiger partial charge in [-0.2, -0.15) is 5.26 Å². The summed E-state index contributed by atoms with van der Waals surface area (Å²) in [5, 5.41) is 24.6. The Kier molecular flexibility index (Phi) is 7.67. The Morgan fingerprint density at radius 2 is 1.74 bits per heavy atom. The number of nitriles is 1. The van der Waals surface area contributed by atoms with Gasteiger partial charge < -0.3 is 10.4 Å². The summed E-state index contributed by atoms with van der Waals surface area (Å²) in [6.07, 6.45) is 0. The van der Waals surface area contributed by atoms with Crippen LogP contribution < -0.4 is 5.32 Å². The van der Waals surface area contributed by atoms with Crippen LogP contribution in [0.15, 0.2) is 46.9 Å². The van der Waals surface area contributed by atoms with Crippen LogP contribution >= 0.6 is 39.1 Å². The fourth-order valence-corrected chi connectivity index (χ4v) is 4.63. The predicted octanol–water partition coefficient (Wildman–Crippen LogP) is 8.28. The van der Waals surface area contributed by atoms with E-state index in [1.54, 1.807) is 43.3 Å². The molecule has 0 saturated carbocycles. The van der Waals surface area contributed by atoms with Gasteiger partial charge in [0, 0.05) is 25.8 Å². The molecule has 1 unspecified atom stereocenters. The number of benzene rings is 3. The lowest BCUT2D eigenvalue weighted by Gasteiger charge is -2.24. The Bertz CT molecular complexity index is 1310. The van der Waals surface area contributed by atoms with E-state index < -0.39 is 11.8 Å². The van der Waals surface area contributed by atoms with E-state index in [9.17, 15) is 15.2 Å². The number of nitrogens with zero attached hydrogens (tertiary/aromatic N) is 1. The Morgan fingerprint density at radius 1 is 1.12 bits per heavy atom. The summed E-state index contributed by atoms with van der Waals surface area (Å²) in [6, 6.07) is 14.6. The second kappa shape index (κ2) is 10.00. The molecule has 0 aliphatic rings. The number of carbonyl (C=O) groups excluding carboxylic acids is 1. The predicted molar refractivity (Wildman–Crippen MR) is 142 cm³/mol. The number of hydrogen-bond acceptors (Lipinski definition) is 3. The molecule has 0 fully saturated rings. The van der Waals surface area contributed by atoms with Gasteiger partial charge in [0.05, 0.1) is 17.6 Å². The Morgan fingerprint density at radius 3 is 2.29 bits per heavy atom. The van der Waals surface area contributed by atoms with Crippen LogP contribution in [0.5, 0.6) is 5.75 Å². The van der Waals surface area contributed by atoms with Crippen LogP contribution in [0.2, 0.25) is 10.0 Å². The van der Waals surface area contributed by atoms with Gasteiger partial charge >= 0.3 is 0 Å². The van der Waals surface area contributed by atoms with E-state index >= 15 is 0 Å². The van der Waals surface area contributed by atoms with Crippen molar-refractivity contribution >= 4 is 50.7 Å². The maximum atomic E-state index is 13.3. The van der Waals surface area contributed by atoms with Gasteiger partial charge in [-0.25, -0.2) is 0 Å². The third-order valence-corrected chi connectivity index (χ3v) is 7.17. The highest BCUT2D eigenvalue weighted by Gasteiger charge is 2.27. The first-order chi connectivity index (χ1) is 15.8. The Hall–Kier alpha value is -2.52. The zero-order chi connectivity index (χ0) is 25.4. The molecule has 0 aliphatic heterocycles. The van der Waals surface area contributed by atoms with Crippen molar-refractivity contribution < 1.29 is 9.90 Å². The van der Waals surface area contributed by atoms with Crippen molar-refractivity contribution in [3.05, 3.63) is 90.4 Å². The monoisotopic (exact) mass is 558 g/mol. The molecule has 3 rings (SSSR count). The third kappa shape index (κ3) is 5.25. The number of carbonyl (C=O) groups is 1. The Labute approximate surface area is 218 Å². The van der Waals surface area contributed by atoms with Crippen LogP contribution in [0.25, 0.3) is 0 Å². The van der Waals surface area contributed by atoms with Crippen molar-refractivity contribution in [3.8, 4) is 11.8 Å². The summed E-state index contributed by atoms with van der Waals surface area (Å²) in [4.78, 5) is 13.3. The molecule has 1 amide bonds. The van der Waals surface area contributed by atoms with Gasteiger partial charge in [0.25, 0.3) is 5.91 Å². The molecule has 0 heterocycles. The average Bonchev–Trinajstić information content (AvgIpc) is 2.75. The summed E-state index contributed by atoms with van der Waals surface area (Å²) in [7, 11) is 0. The number of aromatic hydroxyl groups is 1. The van der Waals surface area contributed by atoms with Crippen molar-refractivity contribution in [1.29, 1.82) is 5.26 Å². The van der Waals surface area contributed by atoms with Crippen LogP contribution in [0.1, 0.15) is 64.9 Å². The minimum Gasteiger partial charge on any atom is -0.507 e. The van der Waals surface area contributed by atoms with E-state index in [-0.39, 0.29) is 16.7 Å². The molecule has 7 heteroatoms. The molecule has 2 N–H and O–H groups in total. The number of phenols is 1. The van der Waals surface area contributed by atoms with Crippen LogP contribution in [0.4, 0.5) is 5.69 Å². The molecule has 0 aromatic heterocycles. The van der Waals surface area contributed by atoms with Gasteiger partial charge in [-0.05, 0) is 65.8 Å². The lowest BCUT2D eigenvalue weighted by atomic mass is 9.84. The fraction of sp³-hybridized carbons (Fsp3) is 0.259. The van der Waals surface area contributed by atoms with Gasteiger partial charge in [0.1, 0.15) is 5.75 Å². The first-order valence-corrected chi connectivity index (χ1v) is 12.2. The van der Waals surface area contributed by atoms with Crippen molar-refractivity contribution in [2.45, 2.75) is 46.0 Å². The summed E-state index contributed by atoms with van der Waals surface area (Å²) >= 11 is 16.1. The molecule has 4 nitrogen and oxygen atoms in total. The van der Waals surface area contributed by atoms with Gasteiger partial charge in [0.2, 0.25) is 0 Å². The maximum absolute atomic E-state index is 13.3. The summed E-state index contributed by atoms with van der Waals surface area (Å²) in [5.74, 6) is -1.07. The highest BCUT2D eigenvalue weighted by Crippen LogP contribution is 2.39. The van der Waals surface area contributed by atoms with Crippen molar-refractivity contribution in [2.75, 3.05) is 5.32 Å². The van der Waals surface area contributed by atoms with Gasteiger partial charge in [-0.1, -0.05) is 78.1 Å². The summed E-state index contributed by atoms with van der Waals surface area (Å²) in [5.41, 5.74) is 3.80. The normalized spacial score (nSPS) is 12.2. The van der Waals surface area contributed by atoms with E-state index in [1.807, 2.05) is 33.8 Å². The topological polar surface area (TPSA) is 73.1 Å². The highest BCUT2D eigenvalue weighted by atomic mass is 79.9. The van der Waals surface area contributed by atoms with Crippen LogP contribution in [-0.4, -0.2) is 11.0 Å². The molecule has 176 valence electrons. The minimum atomic E-state index is -0.584. The van der Waals surface area contributed by atoms with Crippen LogP contribution in [-0.2, 0) is 5.41 Å². The number of hydrogen-bond donors (Lipinski definition) is 2. The lowest BCUT2D eigenvalue weighted by Crippen LogP contribution is -2.19. The highest BCUT2D eigenvalue weighted by molar-refractivity contribution is 9.10. The van der Waals surface area contributed by atoms with Gasteiger partial charge in [-0.3, -0.25) is 4.79 Å². The smallest absolute Gasteiger partial charge is 0.259 e. The first kappa shape index (κ1) is 26.1. The van der Waals surface area contributed by atoms with Crippen molar-refractivity contribution in [2.24, 2.45) is 0 Å². The molecular weight excluding hydrogens is 535 g/mol. The van der Waals surface area contributed by atoms with Gasteiger partial charge in [0.15, 0.2) is 0 Å². The maximum Gasteiger partial charge on any atom is 0.259 e. The standard InChI is InChI=1S/C27H25BrCl2N2O2/c1-14-10-18(19(13-31)16-6-8-17(29)9-7-16)22(30)12-23(14)32-26(34)24-15(2)21(28)11-20(25(24)33)27(3,4)5/h6-12,19,33H,1-5H3,(H,32,34). The molecule has 0 radical (unpaired) electrons. The van der Waals surface area contributed by atoms with E-state index in [0.717, 1.165) is 15.6 Å². The number of rotatable bonds is 4. The Balaban J connectivity index is 2.00. The molecule has 0 bridgehead atoms. The second-order valence-electron chi connectivity index (χ2n) is 9.26. The molecule has 0 spiro atoms. The number of halogens is 3. The summed E-state index contributed by atoms with van der Waals surface area (Å²) in [6.45, 7) is 9.53. The zero-order valence-corrected chi connectivity index (χ0v) is 22.7. The average molecular weight is 560 g/mol. The third-order valence-electron chi connectivity index (χ3n) is 5.77. The van der Waals surface area contributed by atoms with E-state index in [0.29, 0.717) is 32.4 Å². The number of aryl methyl sites for hydroxylation is 1. The molecule has 3 aromatic carbocycles. The largest absolute Gasteiger partial charge is 0.507 e. The minimum absolute atomic E-state index is 0.0432. The first-order valence-electron chi connectivity index (χ1n) is 10.6.